The molecule has 0 amide bonds. The van der Waals surface area contributed by atoms with E-state index in [0.717, 1.165) is 0 Å². The van der Waals surface area contributed by atoms with Crippen molar-refractivity contribution in [1.82, 2.24) is 5.16 Å². The quantitative estimate of drug-likeness (QED) is 0.673. The van der Waals surface area contributed by atoms with Crippen molar-refractivity contribution < 1.29 is 13.3 Å². The number of hydrogen-bond donors (Lipinski definition) is 0. The Labute approximate surface area is 136 Å². The van der Waals surface area contributed by atoms with Crippen LogP contribution >= 0.6 is 11.6 Å². The lowest BCUT2D eigenvalue weighted by Crippen LogP contribution is -2.40. The third kappa shape index (κ3) is 3.77. The van der Waals surface area contributed by atoms with Crippen LogP contribution in [0.25, 0.3) is 11.3 Å². The van der Waals surface area contributed by atoms with Gasteiger partial charge in [0, 0.05) is 11.6 Å². The first-order valence-corrected chi connectivity index (χ1v) is 10.4. The maximum Gasteiger partial charge on any atom is 0.192 e. The summed E-state index contributed by atoms with van der Waals surface area (Å²) in [7, 11) is -1.84. The summed E-state index contributed by atoms with van der Waals surface area (Å²) in [5, 5.41) is 4.44. The van der Waals surface area contributed by atoms with E-state index < -0.39 is 8.32 Å². The second kappa shape index (κ2) is 6.14. The first kappa shape index (κ1) is 17.2. The molecule has 0 radical (unpaired) electrons. The van der Waals surface area contributed by atoms with Crippen LogP contribution in [0.4, 0.5) is 4.39 Å². The Bertz CT molecular complexity index is 664. The van der Waals surface area contributed by atoms with Gasteiger partial charge in [0.1, 0.15) is 11.5 Å². The SMILES string of the molecule is CC(C)(C)[Si](C)(C)OCc1cc(-c2ccc(F)cc2Cl)no1. The molecular weight excluding hydrogens is 321 g/mol. The van der Waals surface area contributed by atoms with Gasteiger partial charge in [-0.05, 0) is 36.3 Å². The number of hydrogen-bond acceptors (Lipinski definition) is 3. The summed E-state index contributed by atoms with van der Waals surface area (Å²) in [4.78, 5) is 0. The molecule has 22 heavy (non-hydrogen) atoms. The van der Waals surface area contributed by atoms with Crippen molar-refractivity contribution >= 4 is 19.9 Å². The fourth-order valence-corrected chi connectivity index (χ4v) is 2.87. The minimum absolute atomic E-state index is 0.135. The van der Waals surface area contributed by atoms with Gasteiger partial charge in [-0.2, -0.15) is 0 Å². The molecule has 120 valence electrons. The molecule has 0 N–H and O–H groups in total. The molecule has 2 rings (SSSR count). The van der Waals surface area contributed by atoms with Crippen molar-refractivity contribution in [2.24, 2.45) is 0 Å². The molecule has 0 aliphatic carbocycles. The van der Waals surface area contributed by atoms with Gasteiger partial charge in [-0.1, -0.05) is 37.5 Å². The van der Waals surface area contributed by atoms with Gasteiger partial charge in [0.2, 0.25) is 0 Å². The molecule has 0 bridgehead atoms. The molecule has 0 unspecified atom stereocenters. The highest BCUT2D eigenvalue weighted by Gasteiger charge is 2.37. The average Bonchev–Trinajstić information content (AvgIpc) is 2.83. The second-order valence-corrected chi connectivity index (χ2v) is 12.1. The van der Waals surface area contributed by atoms with Gasteiger partial charge in [0.05, 0.1) is 11.6 Å². The van der Waals surface area contributed by atoms with Crippen LogP contribution in [-0.4, -0.2) is 13.5 Å². The van der Waals surface area contributed by atoms with Crippen LogP contribution in [0, 0.1) is 5.82 Å². The van der Waals surface area contributed by atoms with Gasteiger partial charge in [-0.3, -0.25) is 0 Å². The normalized spacial score (nSPS) is 12.7. The Hall–Kier alpha value is -1.17. The Morgan fingerprint density at radius 1 is 1.27 bits per heavy atom. The summed E-state index contributed by atoms with van der Waals surface area (Å²) >= 11 is 6.04. The average molecular weight is 342 g/mol. The van der Waals surface area contributed by atoms with E-state index in [4.69, 9.17) is 20.6 Å². The Morgan fingerprint density at radius 3 is 2.55 bits per heavy atom. The van der Waals surface area contributed by atoms with E-state index in [1.165, 1.54) is 12.1 Å². The first-order chi connectivity index (χ1) is 10.1. The van der Waals surface area contributed by atoms with Crippen LogP contribution in [0.2, 0.25) is 23.2 Å². The standard InChI is InChI=1S/C16H21ClFNO2Si/c1-16(2,3)22(4,5)20-10-12-9-15(19-21-12)13-7-6-11(18)8-14(13)17/h6-9H,10H2,1-5H3. The van der Waals surface area contributed by atoms with Gasteiger partial charge in [-0.15, -0.1) is 0 Å². The van der Waals surface area contributed by atoms with E-state index in [0.29, 0.717) is 28.6 Å². The fraction of sp³-hybridized carbons (Fsp3) is 0.438. The van der Waals surface area contributed by atoms with E-state index in [9.17, 15) is 4.39 Å². The monoisotopic (exact) mass is 341 g/mol. The lowest BCUT2D eigenvalue weighted by atomic mass is 10.1. The Balaban J connectivity index is 2.12. The van der Waals surface area contributed by atoms with Crippen LogP contribution in [-0.2, 0) is 11.0 Å². The van der Waals surface area contributed by atoms with Crippen LogP contribution < -0.4 is 0 Å². The predicted octanol–water partition coefficient (Wildman–Crippen LogP) is 5.66. The lowest BCUT2D eigenvalue weighted by Gasteiger charge is -2.35. The van der Waals surface area contributed by atoms with E-state index in [2.05, 4.69) is 39.0 Å². The van der Waals surface area contributed by atoms with E-state index in [1.807, 2.05) is 0 Å². The molecule has 1 heterocycles. The molecule has 0 atom stereocenters. The largest absolute Gasteiger partial charge is 0.409 e. The number of rotatable bonds is 4. The van der Waals surface area contributed by atoms with Gasteiger partial charge in [0.15, 0.2) is 14.1 Å². The molecule has 0 spiro atoms. The van der Waals surface area contributed by atoms with Crippen molar-refractivity contribution in [2.45, 2.75) is 45.5 Å². The van der Waals surface area contributed by atoms with Crippen molar-refractivity contribution in [1.29, 1.82) is 0 Å². The van der Waals surface area contributed by atoms with Crippen molar-refractivity contribution in [3.05, 3.63) is 40.9 Å². The third-order valence-corrected chi connectivity index (χ3v) is 8.94. The molecule has 0 aliphatic heterocycles. The van der Waals surface area contributed by atoms with E-state index >= 15 is 0 Å². The summed E-state index contributed by atoms with van der Waals surface area (Å²) in [6.07, 6.45) is 0. The van der Waals surface area contributed by atoms with E-state index in [1.54, 1.807) is 12.1 Å². The highest BCUT2D eigenvalue weighted by molar-refractivity contribution is 6.74. The number of nitrogens with zero attached hydrogens (tertiary/aromatic N) is 1. The molecule has 1 aromatic heterocycles. The summed E-state index contributed by atoms with van der Waals surface area (Å²) in [5.74, 6) is 0.263. The Morgan fingerprint density at radius 2 is 1.95 bits per heavy atom. The summed E-state index contributed by atoms with van der Waals surface area (Å²) in [5.41, 5.74) is 1.23. The zero-order chi connectivity index (χ0) is 16.5. The number of benzene rings is 1. The zero-order valence-corrected chi connectivity index (χ0v) is 15.3. The fourth-order valence-electron chi connectivity index (χ4n) is 1.67. The highest BCUT2D eigenvalue weighted by Crippen LogP contribution is 2.37. The van der Waals surface area contributed by atoms with E-state index in [-0.39, 0.29) is 10.9 Å². The van der Waals surface area contributed by atoms with Gasteiger partial charge < -0.3 is 8.95 Å². The van der Waals surface area contributed by atoms with Crippen molar-refractivity contribution in [2.75, 3.05) is 0 Å². The minimum Gasteiger partial charge on any atom is -0.409 e. The molecular formula is C16H21ClFNO2Si. The summed E-state index contributed by atoms with van der Waals surface area (Å²) in [6.45, 7) is 11.3. The smallest absolute Gasteiger partial charge is 0.192 e. The van der Waals surface area contributed by atoms with Gasteiger partial charge in [0.25, 0.3) is 0 Å². The van der Waals surface area contributed by atoms with Crippen LogP contribution in [0.5, 0.6) is 0 Å². The second-order valence-electron chi connectivity index (χ2n) is 6.85. The van der Waals surface area contributed by atoms with Crippen molar-refractivity contribution in [3.63, 3.8) is 0 Å². The number of aromatic nitrogens is 1. The molecule has 0 aliphatic rings. The van der Waals surface area contributed by atoms with Gasteiger partial charge >= 0.3 is 0 Å². The molecule has 0 fully saturated rings. The van der Waals surface area contributed by atoms with Crippen LogP contribution in [0.1, 0.15) is 26.5 Å². The Kier molecular flexibility index (Phi) is 4.80. The highest BCUT2D eigenvalue weighted by atomic mass is 35.5. The molecule has 2 aromatic rings. The first-order valence-electron chi connectivity index (χ1n) is 7.15. The molecule has 3 nitrogen and oxygen atoms in total. The molecule has 0 saturated heterocycles. The van der Waals surface area contributed by atoms with Gasteiger partial charge in [-0.25, -0.2) is 4.39 Å². The lowest BCUT2D eigenvalue weighted by molar-refractivity contribution is 0.230. The molecule has 0 saturated carbocycles. The van der Waals surface area contributed by atoms with Crippen molar-refractivity contribution in [3.8, 4) is 11.3 Å². The zero-order valence-electron chi connectivity index (χ0n) is 13.5. The molecule has 6 heteroatoms. The molecule has 1 aromatic carbocycles. The third-order valence-electron chi connectivity index (χ3n) is 4.15. The predicted molar refractivity (Wildman–Crippen MR) is 88.9 cm³/mol. The van der Waals surface area contributed by atoms with Crippen LogP contribution in [0.15, 0.2) is 28.8 Å². The maximum absolute atomic E-state index is 13.1. The topological polar surface area (TPSA) is 35.3 Å². The summed E-state index contributed by atoms with van der Waals surface area (Å²) in [6, 6.07) is 5.99. The maximum atomic E-state index is 13.1. The minimum atomic E-state index is -1.84. The number of halogens is 2. The summed E-state index contributed by atoms with van der Waals surface area (Å²) < 4.78 is 24.5. The van der Waals surface area contributed by atoms with Crippen LogP contribution in [0.3, 0.4) is 0 Å².